The van der Waals surface area contributed by atoms with Gasteiger partial charge < -0.3 is 5.32 Å². The Balaban J connectivity index is 1.94. The highest BCUT2D eigenvalue weighted by atomic mass is 35.5. The number of hydrogen-bond donors (Lipinski definition) is 1. The Morgan fingerprint density at radius 3 is 2.26 bits per heavy atom. The second-order valence-corrected chi connectivity index (χ2v) is 11.8. The van der Waals surface area contributed by atoms with E-state index in [9.17, 15) is 21.6 Å². The highest BCUT2D eigenvalue weighted by Gasteiger charge is 2.29. The van der Waals surface area contributed by atoms with Gasteiger partial charge in [-0.2, -0.15) is 4.31 Å². The van der Waals surface area contributed by atoms with Crippen molar-refractivity contribution in [3.05, 3.63) is 53.1 Å². The van der Waals surface area contributed by atoms with E-state index in [1.165, 1.54) is 48.7 Å². The Bertz CT molecular complexity index is 1190. The van der Waals surface area contributed by atoms with Crippen LogP contribution in [0.25, 0.3) is 0 Å². The zero-order valence-corrected chi connectivity index (χ0v) is 19.6. The second-order valence-electron chi connectivity index (χ2n) is 7.35. The number of para-hydroxylation sites is 1. The lowest BCUT2D eigenvalue weighted by molar-refractivity contribution is 0.102. The van der Waals surface area contributed by atoms with E-state index < -0.39 is 26.0 Å². The third kappa shape index (κ3) is 4.93. The van der Waals surface area contributed by atoms with Gasteiger partial charge in [0, 0.05) is 32.7 Å². The van der Waals surface area contributed by atoms with E-state index in [1.54, 1.807) is 12.1 Å². The molecule has 31 heavy (non-hydrogen) atoms. The summed E-state index contributed by atoms with van der Waals surface area (Å²) in [6.07, 6.45) is 2.51. The lowest BCUT2D eigenvalue weighted by Crippen LogP contribution is -2.35. The van der Waals surface area contributed by atoms with E-state index in [0.29, 0.717) is 13.1 Å². The first-order valence-corrected chi connectivity index (χ1v) is 12.9. The number of halogens is 1. The predicted octanol–water partition coefficient (Wildman–Crippen LogP) is 3.02. The first kappa shape index (κ1) is 23.7. The SMILES string of the molecule is CN(C)S(=O)(=O)c1ccccc1NC(=O)c1ccc(Cl)c(S(=O)(=O)N2CCCCC2)c1. The van der Waals surface area contributed by atoms with Crippen molar-refractivity contribution in [2.45, 2.75) is 29.1 Å². The van der Waals surface area contributed by atoms with Crippen LogP contribution in [0.2, 0.25) is 5.02 Å². The number of anilines is 1. The molecular weight excluding hydrogens is 462 g/mol. The monoisotopic (exact) mass is 485 g/mol. The molecule has 0 aromatic heterocycles. The van der Waals surface area contributed by atoms with E-state index in [1.807, 2.05) is 0 Å². The summed E-state index contributed by atoms with van der Waals surface area (Å²) in [4.78, 5) is 12.7. The van der Waals surface area contributed by atoms with Crippen LogP contribution in [0.15, 0.2) is 52.3 Å². The fraction of sp³-hybridized carbons (Fsp3) is 0.350. The summed E-state index contributed by atoms with van der Waals surface area (Å²) in [5, 5.41) is 2.59. The fourth-order valence-electron chi connectivity index (χ4n) is 3.27. The van der Waals surface area contributed by atoms with Crippen LogP contribution in [-0.4, -0.2) is 58.5 Å². The minimum Gasteiger partial charge on any atom is -0.321 e. The second kappa shape index (κ2) is 9.25. The molecule has 0 spiro atoms. The van der Waals surface area contributed by atoms with Crippen molar-refractivity contribution in [1.29, 1.82) is 0 Å². The molecule has 1 saturated heterocycles. The topological polar surface area (TPSA) is 104 Å². The van der Waals surface area contributed by atoms with Crippen molar-refractivity contribution < 1.29 is 21.6 Å². The van der Waals surface area contributed by atoms with Crippen molar-refractivity contribution in [3.63, 3.8) is 0 Å². The number of rotatable bonds is 6. The first-order chi connectivity index (χ1) is 14.5. The van der Waals surface area contributed by atoms with Crippen LogP contribution in [-0.2, 0) is 20.0 Å². The molecular formula is C20H24ClN3O5S2. The molecule has 1 aliphatic heterocycles. The van der Waals surface area contributed by atoms with Crippen molar-refractivity contribution in [2.24, 2.45) is 0 Å². The average Bonchev–Trinajstić information content (AvgIpc) is 2.74. The molecule has 0 saturated carbocycles. The molecule has 11 heteroatoms. The maximum atomic E-state index is 13.0. The molecule has 0 unspecified atom stereocenters. The van der Waals surface area contributed by atoms with Gasteiger partial charge in [-0.25, -0.2) is 21.1 Å². The van der Waals surface area contributed by atoms with Crippen molar-refractivity contribution in [2.75, 3.05) is 32.5 Å². The molecule has 0 atom stereocenters. The summed E-state index contributed by atoms with van der Waals surface area (Å²) >= 11 is 6.16. The molecule has 0 radical (unpaired) electrons. The molecule has 1 amide bonds. The molecule has 8 nitrogen and oxygen atoms in total. The van der Waals surface area contributed by atoms with Gasteiger partial charge >= 0.3 is 0 Å². The summed E-state index contributed by atoms with van der Waals surface area (Å²) in [7, 11) is -4.85. The maximum absolute atomic E-state index is 13.0. The maximum Gasteiger partial charge on any atom is 0.255 e. The highest BCUT2D eigenvalue weighted by molar-refractivity contribution is 7.89. The number of carbonyl (C=O) groups is 1. The van der Waals surface area contributed by atoms with Gasteiger partial charge in [0.15, 0.2) is 0 Å². The van der Waals surface area contributed by atoms with Crippen molar-refractivity contribution in [1.82, 2.24) is 8.61 Å². The van der Waals surface area contributed by atoms with E-state index in [-0.39, 0.29) is 26.1 Å². The Morgan fingerprint density at radius 1 is 0.968 bits per heavy atom. The normalized spacial score (nSPS) is 15.7. The molecule has 2 aromatic carbocycles. The van der Waals surface area contributed by atoms with Crippen molar-refractivity contribution in [3.8, 4) is 0 Å². The molecule has 0 aliphatic carbocycles. The Labute approximate surface area is 187 Å². The quantitative estimate of drug-likeness (QED) is 0.677. The van der Waals surface area contributed by atoms with Crippen LogP contribution in [0, 0.1) is 0 Å². The molecule has 1 N–H and O–H groups in total. The number of benzene rings is 2. The summed E-state index contributed by atoms with van der Waals surface area (Å²) in [5.41, 5.74) is 0.147. The third-order valence-electron chi connectivity index (χ3n) is 5.02. The summed E-state index contributed by atoms with van der Waals surface area (Å²) in [5.74, 6) is -0.645. The fourth-order valence-corrected chi connectivity index (χ4v) is 6.33. The molecule has 2 aromatic rings. The van der Waals surface area contributed by atoms with E-state index in [2.05, 4.69) is 5.32 Å². The number of nitrogens with one attached hydrogen (secondary N) is 1. The third-order valence-corrected chi connectivity index (χ3v) is 9.27. The minimum absolute atomic E-state index is 0.0257. The molecule has 0 bridgehead atoms. The Morgan fingerprint density at radius 2 is 1.61 bits per heavy atom. The van der Waals surface area contributed by atoms with Gasteiger partial charge in [0.25, 0.3) is 5.91 Å². The largest absolute Gasteiger partial charge is 0.321 e. The van der Waals surface area contributed by atoms with Crippen LogP contribution >= 0.6 is 11.6 Å². The van der Waals surface area contributed by atoms with Crippen LogP contribution in [0.3, 0.4) is 0 Å². The van der Waals surface area contributed by atoms with Gasteiger partial charge in [-0.15, -0.1) is 0 Å². The van der Waals surface area contributed by atoms with Gasteiger partial charge in [-0.05, 0) is 43.2 Å². The van der Waals surface area contributed by atoms with Gasteiger partial charge in [0.05, 0.1) is 10.7 Å². The van der Waals surface area contributed by atoms with Crippen LogP contribution in [0.4, 0.5) is 5.69 Å². The molecule has 1 fully saturated rings. The number of carbonyl (C=O) groups excluding carboxylic acids is 1. The van der Waals surface area contributed by atoms with Gasteiger partial charge in [-0.1, -0.05) is 30.2 Å². The van der Waals surface area contributed by atoms with Crippen LogP contribution in [0.1, 0.15) is 29.6 Å². The van der Waals surface area contributed by atoms with E-state index >= 15 is 0 Å². The number of hydrogen-bond acceptors (Lipinski definition) is 5. The summed E-state index contributed by atoms with van der Waals surface area (Å²) in [6.45, 7) is 0.815. The van der Waals surface area contributed by atoms with Crippen molar-refractivity contribution >= 4 is 43.2 Å². The smallest absolute Gasteiger partial charge is 0.255 e. The lowest BCUT2D eigenvalue weighted by atomic mass is 10.2. The first-order valence-electron chi connectivity index (χ1n) is 9.68. The zero-order valence-electron chi connectivity index (χ0n) is 17.2. The molecule has 1 aliphatic rings. The van der Waals surface area contributed by atoms with Gasteiger partial charge in [0.1, 0.15) is 9.79 Å². The average molecular weight is 486 g/mol. The van der Waals surface area contributed by atoms with E-state index in [0.717, 1.165) is 23.6 Å². The lowest BCUT2D eigenvalue weighted by Gasteiger charge is -2.26. The van der Waals surface area contributed by atoms with Crippen LogP contribution in [0.5, 0.6) is 0 Å². The Hall–Kier alpha value is -1.98. The number of piperidine rings is 1. The summed E-state index contributed by atoms with van der Waals surface area (Å²) in [6, 6.07) is 9.99. The minimum atomic E-state index is -3.85. The number of nitrogens with zero attached hydrogens (tertiary/aromatic N) is 2. The Kier molecular flexibility index (Phi) is 7.07. The molecule has 1 heterocycles. The highest BCUT2D eigenvalue weighted by Crippen LogP contribution is 2.29. The zero-order chi connectivity index (χ0) is 22.8. The summed E-state index contributed by atoms with van der Waals surface area (Å²) < 4.78 is 53.6. The standard InChI is InChI=1S/C20H24ClN3O5S2/c1-23(2)30(26,27)18-9-5-4-8-17(18)22-20(25)15-10-11-16(21)19(14-15)31(28,29)24-12-6-3-7-13-24/h4-5,8-11,14H,3,6-7,12-13H2,1-2H3,(H,22,25). The number of sulfonamides is 2. The van der Waals surface area contributed by atoms with Gasteiger partial charge in [-0.3, -0.25) is 4.79 Å². The number of amides is 1. The van der Waals surface area contributed by atoms with Crippen LogP contribution < -0.4 is 5.32 Å². The van der Waals surface area contributed by atoms with E-state index in [4.69, 9.17) is 11.6 Å². The molecule has 168 valence electrons. The van der Waals surface area contributed by atoms with Gasteiger partial charge in [0.2, 0.25) is 20.0 Å². The predicted molar refractivity (Wildman–Crippen MR) is 119 cm³/mol. The molecule has 3 rings (SSSR count).